The number of para-hydroxylation sites is 1. The lowest BCUT2D eigenvalue weighted by Crippen LogP contribution is -2.34. The normalized spacial score (nSPS) is 12.0. The number of likely N-dealkylation sites (N-methyl/N-ethyl adjacent to an activating group) is 1. The van der Waals surface area contributed by atoms with Crippen LogP contribution in [-0.4, -0.2) is 43.5 Å². The van der Waals surface area contributed by atoms with E-state index in [0.29, 0.717) is 12.1 Å². The number of benzene rings is 2. The second-order valence-corrected chi connectivity index (χ2v) is 9.21. The number of thioether (sulfide) groups is 1. The van der Waals surface area contributed by atoms with Crippen LogP contribution >= 0.6 is 23.1 Å². The fraction of sp³-hybridized carbons (Fsp3) is 0.304. The average Bonchev–Trinajstić information content (AvgIpc) is 3.18. The first kappa shape index (κ1) is 22.3. The Morgan fingerprint density at radius 1 is 1.20 bits per heavy atom. The standard InChI is InChI=1S/C23H27N3O2S2/c1-16-25-18(14-29-16)15-30-19-11-9-17(10-12-19)23(27)24-13-21(26(2)3)20-7-5-6-8-22(20)28-4/h5-12,14,21H,13,15H2,1-4H3,(H,24,27). The molecular weight excluding hydrogens is 414 g/mol. The zero-order chi connectivity index (χ0) is 21.5. The summed E-state index contributed by atoms with van der Waals surface area (Å²) in [6.45, 7) is 2.51. The van der Waals surface area contributed by atoms with Gasteiger partial charge in [0, 0.05) is 33.7 Å². The van der Waals surface area contributed by atoms with Crippen LogP contribution in [0, 0.1) is 6.92 Å². The number of thiazole rings is 1. The van der Waals surface area contributed by atoms with Crippen LogP contribution in [0.25, 0.3) is 0 Å². The summed E-state index contributed by atoms with van der Waals surface area (Å²) in [7, 11) is 5.66. The van der Waals surface area contributed by atoms with Gasteiger partial charge in [0.1, 0.15) is 5.75 Å². The maximum Gasteiger partial charge on any atom is 0.251 e. The van der Waals surface area contributed by atoms with Gasteiger partial charge in [0.25, 0.3) is 5.91 Å². The first-order valence-corrected chi connectivity index (χ1v) is 11.6. The van der Waals surface area contributed by atoms with Crippen molar-refractivity contribution in [2.45, 2.75) is 23.6 Å². The summed E-state index contributed by atoms with van der Waals surface area (Å²) < 4.78 is 5.49. The second kappa shape index (κ2) is 10.6. The van der Waals surface area contributed by atoms with Crippen LogP contribution in [0.15, 0.2) is 58.8 Å². The number of methoxy groups -OCH3 is 1. The van der Waals surface area contributed by atoms with Crippen molar-refractivity contribution in [3.63, 3.8) is 0 Å². The Balaban J connectivity index is 1.59. The van der Waals surface area contributed by atoms with E-state index in [-0.39, 0.29) is 11.9 Å². The summed E-state index contributed by atoms with van der Waals surface area (Å²) in [6.07, 6.45) is 0. The van der Waals surface area contributed by atoms with Gasteiger partial charge in [-0.1, -0.05) is 18.2 Å². The molecule has 0 aliphatic carbocycles. The highest BCUT2D eigenvalue weighted by Crippen LogP contribution is 2.28. The lowest BCUT2D eigenvalue weighted by atomic mass is 10.0. The van der Waals surface area contributed by atoms with E-state index in [9.17, 15) is 4.79 Å². The molecule has 5 nitrogen and oxygen atoms in total. The molecule has 3 rings (SSSR count). The van der Waals surface area contributed by atoms with E-state index in [1.54, 1.807) is 30.2 Å². The molecule has 7 heteroatoms. The molecular formula is C23H27N3O2S2. The molecule has 0 radical (unpaired) electrons. The Labute approximate surface area is 186 Å². The number of aryl methyl sites for hydroxylation is 1. The number of nitrogens with zero attached hydrogens (tertiary/aromatic N) is 2. The first-order chi connectivity index (χ1) is 14.5. The van der Waals surface area contributed by atoms with E-state index >= 15 is 0 Å². The Morgan fingerprint density at radius 2 is 1.93 bits per heavy atom. The third-order valence-electron chi connectivity index (χ3n) is 4.75. The topological polar surface area (TPSA) is 54.5 Å². The average molecular weight is 442 g/mol. The van der Waals surface area contributed by atoms with Crippen molar-refractivity contribution in [2.24, 2.45) is 0 Å². The van der Waals surface area contributed by atoms with Crippen LogP contribution in [0.2, 0.25) is 0 Å². The van der Waals surface area contributed by atoms with Gasteiger partial charge in [0.05, 0.1) is 23.9 Å². The minimum atomic E-state index is -0.0802. The second-order valence-electron chi connectivity index (χ2n) is 7.10. The number of nitrogens with one attached hydrogen (secondary N) is 1. The van der Waals surface area contributed by atoms with Crippen molar-refractivity contribution in [1.82, 2.24) is 15.2 Å². The number of ether oxygens (including phenoxy) is 1. The van der Waals surface area contributed by atoms with E-state index in [4.69, 9.17) is 4.74 Å². The van der Waals surface area contributed by atoms with Gasteiger partial charge in [-0.2, -0.15) is 0 Å². The molecule has 0 fully saturated rings. The largest absolute Gasteiger partial charge is 0.496 e. The monoisotopic (exact) mass is 441 g/mol. The van der Waals surface area contributed by atoms with Crippen LogP contribution in [0.1, 0.15) is 32.7 Å². The number of hydrogen-bond acceptors (Lipinski definition) is 6. The lowest BCUT2D eigenvalue weighted by Gasteiger charge is -2.26. The van der Waals surface area contributed by atoms with Gasteiger partial charge in [-0.15, -0.1) is 23.1 Å². The van der Waals surface area contributed by atoms with Gasteiger partial charge < -0.3 is 15.0 Å². The number of carbonyl (C=O) groups is 1. The molecule has 2 aromatic carbocycles. The highest BCUT2D eigenvalue weighted by Gasteiger charge is 2.19. The van der Waals surface area contributed by atoms with Gasteiger partial charge in [-0.05, 0) is 51.4 Å². The maximum absolute atomic E-state index is 12.7. The Kier molecular flexibility index (Phi) is 7.90. The van der Waals surface area contributed by atoms with Gasteiger partial charge in [0.15, 0.2) is 0 Å². The minimum absolute atomic E-state index is 0.0153. The fourth-order valence-corrected chi connectivity index (χ4v) is 4.65. The Morgan fingerprint density at radius 3 is 2.57 bits per heavy atom. The van der Waals surface area contributed by atoms with Crippen LogP contribution < -0.4 is 10.1 Å². The van der Waals surface area contributed by atoms with E-state index in [1.165, 1.54) is 0 Å². The third kappa shape index (κ3) is 5.84. The van der Waals surface area contributed by atoms with E-state index in [0.717, 1.165) is 32.7 Å². The van der Waals surface area contributed by atoms with Gasteiger partial charge >= 0.3 is 0 Å². The van der Waals surface area contributed by atoms with Crippen LogP contribution in [0.4, 0.5) is 0 Å². The quantitative estimate of drug-likeness (QED) is 0.484. The summed E-state index contributed by atoms with van der Waals surface area (Å²) in [5.41, 5.74) is 2.80. The summed E-state index contributed by atoms with van der Waals surface area (Å²) in [5.74, 6) is 1.57. The van der Waals surface area contributed by atoms with E-state index < -0.39 is 0 Å². The summed E-state index contributed by atoms with van der Waals surface area (Å²) in [4.78, 5) is 20.4. The van der Waals surface area contributed by atoms with Crippen molar-refractivity contribution in [1.29, 1.82) is 0 Å². The SMILES string of the molecule is COc1ccccc1C(CNC(=O)c1ccc(SCc2csc(C)n2)cc1)N(C)C. The predicted molar refractivity (Wildman–Crippen MR) is 125 cm³/mol. The molecule has 3 aromatic rings. The third-order valence-corrected chi connectivity index (χ3v) is 6.61. The highest BCUT2D eigenvalue weighted by molar-refractivity contribution is 7.98. The maximum atomic E-state index is 12.7. The summed E-state index contributed by atoms with van der Waals surface area (Å²) >= 11 is 3.39. The molecule has 158 valence electrons. The zero-order valence-electron chi connectivity index (χ0n) is 17.7. The molecule has 0 spiro atoms. The number of rotatable bonds is 9. The molecule has 1 atom stereocenters. The molecule has 30 heavy (non-hydrogen) atoms. The summed E-state index contributed by atoms with van der Waals surface area (Å²) in [5, 5.41) is 6.23. The van der Waals surface area contributed by atoms with Crippen molar-refractivity contribution in [2.75, 3.05) is 27.7 Å². The fourth-order valence-electron chi connectivity index (χ4n) is 3.14. The number of aromatic nitrogens is 1. The molecule has 0 bridgehead atoms. The molecule has 1 N–H and O–H groups in total. The zero-order valence-corrected chi connectivity index (χ0v) is 19.3. The predicted octanol–water partition coefficient (Wildman–Crippen LogP) is 4.79. The van der Waals surface area contributed by atoms with Crippen LogP contribution in [0.5, 0.6) is 5.75 Å². The molecule has 0 saturated heterocycles. The van der Waals surface area contributed by atoms with Crippen molar-refractivity contribution in [3.8, 4) is 5.75 Å². The minimum Gasteiger partial charge on any atom is -0.496 e. The smallest absolute Gasteiger partial charge is 0.251 e. The van der Waals surface area contributed by atoms with Crippen molar-refractivity contribution >= 4 is 29.0 Å². The highest BCUT2D eigenvalue weighted by atomic mass is 32.2. The Hall–Kier alpha value is -2.35. The van der Waals surface area contributed by atoms with Crippen LogP contribution in [-0.2, 0) is 5.75 Å². The molecule has 1 amide bonds. The van der Waals surface area contributed by atoms with Crippen LogP contribution in [0.3, 0.4) is 0 Å². The molecule has 0 aliphatic rings. The lowest BCUT2D eigenvalue weighted by molar-refractivity contribution is 0.0941. The van der Waals surface area contributed by atoms with E-state index in [1.807, 2.05) is 69.6 Å². The van der Waals surface area contributed by atoms with Crippen molar-refractivity contribution in [3.05, 3.63) is 75.7 Å². The van der Waals surface area contributed by atoms with Crippen molar-refractivity contribution < 1.29 is 9.53 Å². The molecule has 1 aromatic heterocycles. The van der Waals surface area contributed by atoms with Gasteiger partial charge in [-0.3, -0.25) is 4.79 Å². The van der Waals surface area contributed by atoms with E-state index in [2.05, 4.69) is 20.6 Å². The summed E-state index contributed by atoms with van der Waals surface area (Å²) in [6, 6.07) is 15.6. The number of carbonyl (C=O) groups excluding carboxylic acids is 1. The molecule has 0 saturated carbocycles. The molecule has 1 unspecified atom stereocenters. The number of hydrogen-bond donors (Lipinski definition) is 1. The first-order valence-electron chi connectivity index (χ1n) is 9.69. The molecule has 1 heterocycles. The van der Waals surface area contributed by atoms with Gasteiger partial charge in [0.2, 0.25) is 0 Å². The Bertz CT molecular complexity index is 971. The molecule has 0 aliphatic heterocycles. The van der Waals surface area contributed by atoms with Gasteiger partial charge in [-0.25, -0.2) is 4.98 Å². The number of amides is 1.